The molecule has 1 N–H and O–H groups in total. The van der Waals surface area contributed by atoms with E-state index >= 15 is 0 Å². The van der Waals surface area contributed by atoms with E-state index in [0.29, 0.717) is 17.2 Å². The maximum atomic E-state index is 5.89. The Morgan fingerprint density at radius 3 is 2.69 bits per heavy atom. The Balaban J connectivity index is 1.54. The summed E-state index contributed by atoms with van der Waals surface area (Å²) < 4.78 is 7.96. The van der Waals surface area contributed by atoms with Gasteiger partial charge < -0.3 is 4.74 Å². The number of aromatic amines is 1. The van der Waals surface area contributed by atoms with Gasteiger partial charge >= 0.3 is 0 Å². The Morgan fingerprint density at radius 1 is 1.03 bits per heavy atom. The molecule has 0 amide bonds. The Bertz CT molecular complexity index is 1190. The lowest BCUT2D eigenvalue weighted by atomic mass is 10.1. The van der Waals surface area contributed by atoms with E-state index in [0.717, 1.165) is 28.0 Å². The van der Waals surface area contributed by atoms with Crippen molar-refractivity contribution in [3.63, 3.8) is 0 Å². The summed E-state index contributed by atoms with van der Waals surface area (Å²) in [6, 6.07) is 25.9. The first-order valence-corrected chi connectivity index (χ1v) is 9.65. The van der Waals surface area contributed by atoms with Crippen molar-refractivity contribution >= 4 is 18.4 Å². The van der Waals surface area contributed by atoms with Gasteiger partial charge in [-0.25, -0.2) is 5.10 Å². The lowest BCUT2D eigenvalue weighted by Crippen LogP contribution is -1.97. The molecule has 1 heterocycles. The zero-order valence-corrected chi connectivity index (χ0v) is 16.8. The molecule has 4 rings (SSSR count). The second kappa shape index (κ2) is 8.67. The van der Waals surface area contributed by atoms with Gasteiger partial charge in [-0.15, -0.1) is 0 Å². The van der Waals surface area contributed by atoms with Crippen LogP contribution in [0, 0.1) is 11.7 Å². The normalized spacial score (nSPS) is 11.1. The molecule has 0 aliphatic heterocycles. The van der Waals surface area contributed by atoms with E-state index in [1.807, 2.05) is 79.7 Å². The smallest absolute Gasteiger partial charge is 0.216 e. The molecule has 0 aliphatic rings. The van der Waals surface area contributed by atoms with Crippen molar-refractivity contribution in [2.75, 3.05) is 0 Å². The van der Waals surface area contributed by atoms with Crippen molar-refractivity contribution < 1.29 is 4.74 Å². The highest BCUT2D eigenvalue weighted by molar-refractivity contribution is 7.71. The molecule has 3 aromatic carbocycles. The second-order valence-electron chi connectivity index (χ2n) is 6.62. The Kier molecular flexibility index (Phi) is 5.63. The molecular weight excluding hydrogens is 380 g/mol. The van der Waals surface area contributed by atoms with Crippen LogP contribution in [0.3, 0.4) is 0 Å². The predicted octanol–water partition coefficient (Wildman–Crippen LogP) is 5.38. The molecule has 144 valence electrons. The molecule has 6 heteroatoms. The van der Waals surface area contributed by atoms with Crippen molar-refractivity contribution in [3.05, 3.63) is 100 Å². The number of H-pyrrole nitrogens is 1. The average molecular weight is 401 g/mol. The lowest BCUT2D eigenvalue weighted by Gasteiger charge is -2.07. The fourth-order valence-electron chi connectivity index (χ4n) is 2.92. The topological polar surface area (TPSA) is 55.2 Å². The second-order valence-corrected chi connectivity index (χ2v) is 7.01. The van der Waals surface area contributed by atoms with Crippen LogP contribution in [-0.2, 0) is 6.61 Å². The molecule has 4 aromatic rings. The summed E-state index contributed by atoms with van der Waals surface area (Å²) in [6.07, 6.45) is 1.75. The maximum Gasteiger partial charge on any atom is 0.216 e. The molecule has 0 saturated heterocycles. The molecule has 0 radical (unpaired) electrons. The van der Waals surface area contributed by atoms with Crippen LogP contribution in [-0.4, -0.2) is 21.1 Å². The number of nitrogens with zero attached hydrogens (tertiary/aromatic N) is 3. The minimum absolute atomic E-state index is 0.439. The molecule has 0 bridgehead atoms. The summed E-state index contributed by atoms with van der Waals surface area (Å²) in [6.45, 7) is 2.56. The van der Waals surface area contributed by atoms with Crippen LogP contribution >= 0.6 is 12.2 Å². The zero-order chi connectivity index (χ0) is 20.1. The van der Waals surface area contributed by atoms with Crippen molar-refractivity contribution in [2.45, 2.75) is 13.5 Å². The Labute approximate surface area is 174 Å². The minimum atomic E-state index is 0.439. The Hall–Kier alpha value is -3.51. The van der Waals surface area contributed by atoms with Crippen LogP contribution in [0.5, 0.6) is 5.75 Å². The van der Waals surface area contributed by atoms with E-state index in [9.17, 15) is 0 Å². The SMILES string of the molecule is Cc1cccc(-c2n[nH]c(=S)n2/N=C\c2cccc(OCc3ccccc3)c2)c1. The van der Waals surface area contributed by atoms with Gasteiger partial charge in [0, 0.05) is 5.56 Å². The molecule has 0 fully saturated rings. The molecule has 5 nitrogen and oxygen atoms in total. The first-order chi connectivity index (χ1) is 14.2. The summed E-state index contributed by atoms with van der Waals surface area (Å²) >= 11 is 5.35. The van der Waals surface area contributed by atoms with Crippen LogP contribution in [0.1, 0.15) is 16.7 Å². The summed E-state index contributed by atoms with van der Waals surface area (Å²) in [4.78, 5) is 0. The third-order valence-corrected chi connectivity index (χ3v) is 4.62. The molecule has 0 unspecified atom stereocenters. The number of hydrogen-bond donors (Lipinski definition) is 1. The first kappa shape index (κ1) is 18.8. The highest BCUT2D eigenvalue weighted by Crippen LogP contribution is 2.19. The molecular formula is C23H20N4OS. The zero-order valence-electron chi connectivity index (χ0n) is 15.9. The van der Waals surface area contributed by atoms with Crippen molar-refractivity contribution in [1.82, 2.24) is 14.9 Å². The van der Waals surface area contributed by atoms with Gasteiger partial charge in [0.1, 0.15) is 12.4 Å². The van der Waals surface area contributed by atoms with E-state index in [2.05, 4.69) is 21.4 Å². The lowest BCUT2D eigenvalue weighted by molar-refractivity contribution is 0.306. The van der Waals surface area contributed by atoms with Crippen LogP contribution in [0.15, 0.2) is 84.0 Å². The third-order valence-electron chi connectivity index (χ3n) is 4.36. The average Bonchev–Trinajstić information content (AvgIpc) is 3.12. The molecule has 29 heavy (non-hydrogen) atoms. The van der Waals surface area contributed by atoms with E-state index in [-0.39, 0.29) is 0 Å². The summed E-state index contributed by atoms with van der Waals surface area (Å²) in [5.74, 6) is 1.46. The van der Waals surface area contributed by atoms with Gasteiger partial charge in [0.25, 0.3) is 0 Å². The van der Waals surface area contributed by atoms with E-state index < -0.39 is 0 Å². The molecule has 0 aliphatic carbocycles. The number of aromatic nitrogens is 3. The highest BCUT2D eigenvalue weighted by atomic mass is 32.1. The number of aryl methyl sites for hydroxylation is 1. The van der Waals surface area contributed by atoms with Gasteiger partial charge in [0.15, 0.2) is 5.82 Å². The van der Waals surface area contributed by atoms with E-state index in [1.165, 1.54) is 0 Å². The van der Waals surface area contributed by atoms with Crippen molar-refractivity contribution in [1.29, 1.82) is 0 Å². The number of rotatable bonds is 6. The molecule has 0 saturated carbocycles. The summed E-state index contributed by atoms with van der Waals surface area (Å²) in [5.41, 5.74) is 4.14. The largest absolute Gasteiger partial charge is 0.489 e. The van der Waals surface area contributed by atoms with Gasteiger partial charge in [-0.2, -0.15) is 14.9 Å². The van der Waals surface area contributed by atoms with Gasteiger partial charge in [-0.1, -0.05) is 66.2 Å². The fourth-order valence-corrected chi connectivity index (χ4v) is 3.10. The van der Waals surface area contributed by atoms with Crippen LogP contribution in [0.2, 0.25) is 0 Å². The van der Waals surface area contributed by atoms with Crippen molar-refractivity contribution in [2.24, 2.45) is 5.10 Å². The molecule has 0 spiro atoms. The molecule has 0 atom stereocenters. The quantitative estimate of drug-likeness (QED) is 0.349. The summed E-state index contributed by atoms with van der Waals surface area (Å²) in [5, 5.41) is 11.7. The third kappa shape index (κ3) is 4.67. The van der Waals surface area contributed by atoms with Crippen molar-refractivity contribution in [3.8, 4) is 17.1 Å². The maximum absolute atomic E-state index is 5.89. The number of nitrogens with one attached hydrogen (secondary N) is 1. The number of benzene rings is 3. The van der Waals surface area contributed by atoms with Gasteiger partial charge in [0.05, 0.1) is 6.21 Å². The number of hydrogen-bond acceptors (Lipinski definition) is 4. The standard InChI is InChI=1S/C23H20N4OS/c1-17-7-5-11-20(13-17)22-25-26-23(29)27(22)24-15-19-10-6-12-21(14-19)28-16-18-8-3-2-4-9-18/h2-15H,16H2,1H3,(H,26,29)/b24-15-. The Morgan fingerprint density at radius 2 is 1.86 bits per heavy atom. The monoisotopic (exact) mass is 400 g/mol. The highest BCUT2D eigenvalue weighted by Gasteiger charge is 2.08. The number of ether oxygens (including phenoxy) is 1. The van der Waals surface area contributed by atoms with Crippen LogP contribution in [0.25, 0.3) is 11.4 Å². The van der Waals surface area contributed by atoms with Gasteiger partial charge in [-0.3, -0.25) is 0 Å². The minimum Gasteiger partial charge on any atom is -0.489 e. The van der Waals surface area contributed by atoms with Crippen LogP contribution < -0.4 is 4.74 Å². The first-order valence-electron chi connectivity index (χ1n) is 9.25. The fraction of sp³-hybridized carbons (Fsp3) is 0.0870. The predicted molar refractivity (Wildman–Crippen MR) is 118 cm³/mol. The summed E-state index contributed by atoms with van der Waals surface area (Å²) in [7, 11) is 0. The van der Waals surface area contributed by atoms with E-state index in [4.69, 9.17) is 17.0 Å². The van der Waals surface area contributed by atoms with E-state index in [1.54, 1.807) is 10.9 Å². The van der Waals surface area contributed by atoms with Gasteiger partial charge in [0.2, 0.25) is 4.77 Å². The van der Waals surface area contributed by atoms with Crippen LogP contribution in [0.4, 0.5) is 0 Å². The molecule has 1 aromatic heterocycles. The van der Waals surface area contributed by atoms with Gasteiger partial charge in [-0.05, 0) is 48.5 Å².